The Morgan fingerprint density at radius 2 is 1.84 bits per heavy atom. The standard InChI is InChI=1S/C30H47N3O5/c1-20-27(14-15-37-20)38-29(36)31-24(16-21-10-6-5-7-11-21)26(34)19-33-18-23-13-9-8-12-22(23)17-25(33)28(35)32-30(2,3)4/h5-7,10-11,20,22-27,34H,8-9,12-19H2,1-4H3,(H,31,36)(H,32,35)/t20-,22-,23+,24-,25?,26+,27-/m0/s1. The van der Waals surface area contributed by atoms with Crippen LogP contribution in [0.4, 0.5) is 4.79 Å². The van der Waals surface area contributed by atoms with Crippen molar-refractivity contribution in [2.45, 2.75) is 109 Å². The van der Waals surface area contributed by atoms with Crippen LogP contribution in [0.1, 0.15) is 71.8 Å². The first kappa shape index (κ1) is 28.8. The van der Waals surface area contributed by atoms with Crippen molar-refractivity contribution < 1.29 is 24.2 Å². The SMILES string of the molecule is C[C@@H]1OCC[C@@H]1OC(=O)N[C@@H](Cc1ccccc1)[C@H](O)CN1C[C@H]2CCCC[C@H]2CC1C(=O)NC(C)(C)C. The van der Waals surface area contributed by atoms with E-state index in [0.29, 0.717) is 37.8 Å². The average Bonchev–Trinajstić information content (AvgIpc) is 3.26. The molecular formula is C30H47N3O5. The zero-order valence-corrected chi connectivity index (χ0v) is 23.5. The molecule has 3 aliphatic rings. The highest BCUT2D eigenvalue weighted by atomic mass is 16.6. The Labute approximate surface area is 227 Å². The van der Waals surface area contributed by atoms with Gasteiger partial charge in [-0.25, -0.2) is 4.79 Å². The van der Waals surface area contributed by atoms with Gasteiger partial charge in [0.05, 0.1) is 30.9 Å². The van der Waals surface area contributed by atoms with Crippen LogP contribution in [0.5, 0.6) is 0 Å². The molecule has 212 valence electrons. The first-order chi connectivity index (χ1) is 18.1. The Balaban J connectivity index is 1.48. The first-order valence-corrected chi connectivity index (χ1v) is 14.5. The predicted molar refractivity (Wildman–Crippen MR) is 147 cm³/mol. The Bertz CT molecular complexity index is 920. The highest BCUT2D eigenvalue weighted by Gasteiger charge is 2.42. The van der Waals surface area contributed by atoms with Crippen LogP contribution in [0.15, 0.2) is 30.3 Å². The number of benzene rings is 1. The number of hydrogen-bond donors (Lipinski definition) is 3. The number of aliphatic hydroxyl groups excluding tert-OH is 1. The molecule has 2 amide bonds. The van der Waals surface area contributed by atoms with Gasteiger partial charge in [0.1, 0.15) is 6.10 Å². The summed E-state index contributed by atoms with van der Waals surface area (Å²) < 4.78 is 11.2. The number of nitrogens with zero attached hydrogens (tertiary/aromatic N) is 1. The van der Waals surface area contributed by atoms with E-state index in [1.54, 1.807) is 0 Å². The summed E-state index contributed by atoms with van der Waals surface area (Å²) in [6.45, 7) is 9.58. The van der Waals surface area contributed by atoms with Crippen LogP contribution in [0.3, 0.4) is 0 Å². The molecule has 0 spiro atoms. The maximum atomic E-state index is 13.4. The summed E-state index contributed by atoms with van der Waals surface area (Å²) in [4.78, 5) is 28.5. The van der Waals surface area contributed by atoms with Gasteiger partial charge >= 0.3 is 6.09 Å². The van der Waals surface area contributed by atoms with Gasteiger partial charge < -0.3 is 25.2 Å². The topological polar surface area (TPSA) is 100 Å². The molecule has 0 radical (unpaired) electrons. The molecule has 0 bridgehead atoms. The maximum Gasteiger partial charge on any atom is 0.407 e. The van der Waals surface area contributed by atoms with Gasteiger partial charge in [-0.3, -0.25) is 9.69 Å². The van der Waals surface area contributed by atoms with Crippen LogP contribution in [0.2, 0.25) is 0 Å². The fourth-order valence-corrected chi connectivity index (χ4v) is 6.34. The third kappa shape index (κ3) is 7.93. The molecule has 4 rings (SSSR count). The summed E-state index contributed by atoms with van der Waals surface area (Å²) in [6.07, 6.45) is 4.91. The quantitative estimate of drug-likeness (QED) is 0.475. The van der Waals surface area contributed by atoms with Gasteiger partial charge in [0.25, 0.3) is 0 Å². The second-order valence-electron chi connectivity index (χ2n) is 12.6. The fraction of sp³-hybridized carbons (Fsp3) is 0.733. The average molecular weight is 530 g/mol. The normalized spacial score (nSPS) is 29.7. The number of carbonyl (C=O) groups excluding carboxylic acids is 2. The number of aliphatic hydroxyl groups is 1. The number of carbonyl (C=O) groups is 2. The van der Waals surface area contributed by atoms with Gasteiger partial charge in [-0.15, -0.1) is 0 Å². The number of alkyl carbamates (subject to hydrolysis) is 1. The smallest absolute Gasteiger partial charge is 0.407 e. The summed E-state index contributed by atoms with van der Waals surface area (Å²) in [7, 11) is 0. The molecule has 2 saturated heterocycles. The van der Waals surface area contributed by atoms with Gasteiger partial charge in [0, 0.05) is 25.0 Å². The van der Waals surface area contributed by atoms with Crippen molar-refractivity contribution in [1.29, 1.82) is 0 Å². The number of piperidine rings is 1. The molecule has 1 unspecified atom stereocenters. The summed E-state index contributed by atoms with van der Waals surface area (Å²) in [6, 6.07) is 9.00. The highest BCUT2D eigenvalue weighted by Crippen LogP contribution is 2.39. The van der Waals surface area contributed by atoms with E-state index >= 15 is 0 Å². The summed E-state index contributed by atoms with van der Waals surface area (Å²) in [5, 5.41) is 17.7. The Morgan fingerprint density at radius 3 is 2.50 bits per heavy atom. The second kappa shape index (κ2) is 12.8. The van der Waals surface area contributed by atoms with Crippen molar-refractivity contribution in [3.05, 3.63) is 35.9 Å². The van der Waals surface area contributed by atoms with Crippen LogP contribution >= 0.6 is 0 Å². The van der Waals surface area contributed by atoms with Crippen molar-refractivity contribution >= 4 is 12.0 Å². The summed E-state index contributed by atoms with van der Waals surface area (Å²) in [5.74, 6) is 1.12. The minimum atomic E-state index is -0.870. The molecule has 8 nitrogen and oxygen atoms in total. The number of hydrogen-bond acceptors (Lipinski definition) is 6. The zero-order valence-electron chi connectivity index (χ0n) is 23.5. The lowest BCUT2D eigenvalue weighted by molar-refractivity contribution is -0.132. The van der Waals surface area contributed by atoms with Crippen molar-refractivity contribution in [3.63, 3.8) is 0 Å². The van der Waals surface area contributed by atoms with Crippen molar-refractivity contribution in [2.24, 2.45) is 11.8 Å². The van der Waals surface area contributed by atoms with E-state index in [1.165, 1.54) is 25.7 Å². The van der Waals surface area contributed by atoms with Gasteiger partial charge in [0.15, 0.2) is 0 Å². The number of rotatable bonds is 8. The Hall–Kier alpha value is -2.16. The molecule has 2 aliphatic heterocycles. The van der Waals surface area contributed by atoms with Crippen LogP contribution in [0.25, 0.3) is 0 Å². The van der Waals surface area contributed by atoms with Crippen LogP contribution in [0, 0.1) is 11.8 Å². The van der Waals surface area contributed by atoms with Crippen molar-refractivity contribution in [1.82, 2.24) is 15.5 Å². The number of amides is 2. The Kier molecular flexibility index (Phi) is 9.71. The van der Waals surface area contributed by atoms with E-state index in [0.717, 1.165) is 18.5 Å². The second-order valence-corrected chi connectivity index (χ2v) is 12.6. The van der Waals surface area contributed by atoms with Gasteiger partial charge in [-0.05, 0) is 64.4 Å². The minimum absolute atomic E-state index is 0.0240. The molecule has 2 heterocycles. The summed E-state index contributed by atoms with van der Waals surface area (Å²) >= 11 is 0. The molecule has 1 saturated carbocycles. The third-order valence-corrected chi connectivity index (χ3v) is 8.36. The molecule has 7 atom stereocenters. The number of likely N-dealkylation sites (tertiary alicyclic amines) is 1. The number of nitrogens with one attached hydrogen (secondary N) is 2. The third-order valence-electron chi connectivity index (χ3n) is 8.36. The van der Waals surface area contributed by atoms with Crippen LogP contribution in [-0.4, -0.2) is 77.6 Å². The van der Waals surface area contributed by atoms with Gasteiger partial charge in [-0.1, -0.05) is 49.6 Å². The van der Waals surface area contributed by atoms with Crippen molar-refractivity contribution in [3.8, 4) is 0 Å². The molecule has 8 heteroatoms. The number of β-amino-alcohol motifs (C(OH)–C–C–N with tert-alkyl or cyclic N) is 1. The first-order valence-electron chi connectivity index (χ1n) is 14.5. The molecule has 1 aromatic carbocycles. The minimum Gasteiger partial charge on any atom is -0.443 e. The van der Waals surface area contributed by atoms with E-state index in [-0.39, 0.29) is 29.7 Å². The molecular weight excluding hydrogens is 482 g/mol. The number of fused-ring (bicyclic) bond motifs is 1. The largest absolute Gasteiger partial charge is 0.443 e. The van der Waals surface area contributed by atoms with Gasteiger partial charge in [0.2, 0.25) is 5.91 Å². The van der Waals surface area contributed by atoms with Gasteiger partial charge in [-0.2, -0.15) is 0 Å². The molecule has 3 fully saturated rings. The monoisotopic (exact) mass is 529 g/mol. The lowest BCUT2D eigenvalue weighted by Crippen LogP contribution is -2.60. The molecule has 1 aliphatic carbocycles. The molecule has 0 aromatic heterocycles. The predicted octanol–water partition coefficient (Wildman–Crippen LogP) is 3.66. The van der Waals surface area contributed by atoms with E-state index < -0.39 is 18.2 Å². The van der Waals surface area contributed by atoms with E-state index in [1.807, 2.05) is 58.0 Å². The lowest BCUT2D eigenvalue weighted by atomic mass is 9.72. The molecule has 38 heavy (non-hydrogen) atoms. The fourth-order valence-electron chi connectivity index (χ4n) is 6.34. The highest BCUT2D eigenvalue weighted by molar-refractivity contribution is 5.82. The lowest BCUT2D eigenvalue weighted by Gasteiger charge is -2.47. The molecule has 1 aromatic rings. The molecule has 3 N–H and O–H groups in total. The summed E-state index contributed by atoms with van der Waals surface area (Å²) in [5.41, 5.74) is 0.690. The van der Waals surface area contributed by atoms with Crippen molar-refractivity contribution in [2.75, 3.05) is 19.7 Å². The van der Waals surface area contributed by atoms with E-state index in [2.05, 4.69) is 15.5 Å². The van der Waals surface area contributed by atoms with Crippen LogP contribution in [-0.2, 0) is 20.7 Å². The van der Waals surface area contributed by atoms with Crippen LogP contribution < -0.4 is 10.6 Å². The van der Waals surface area contributed by atoms with E-state index in [9.17, 15) is 14.7 Å². The number of ether oxygens (including phenoxy) is 2. The Morgan fingerprint density at radius 1 is 1.13 bits per heavy atom. The van der Waals surface area contributed by atoms with E-state index in [4.69, 9.17) is 9.47 Å². The zero-order chi connectivity index (χ0) is 27.3. The maximum absolute atomic E-state index is 13.4.